The molecule has 1 aromatic rings. The van der Waals surface area contributed by atoms with Gasteiger partial charge in [0, 0.05) is 18.7 Å². The van der Waals surface area contributed by atoms with Crippen LogP contribution in [0.15, 0.2) is 12.1 Å². The van der Waals surface area contributed by atoms with Crippen LogP contribution in [0, 0.1) is 0 Å². The van der Waals surface area contributed by atoms with Crippen LogP contribution < -0.4 is 10.6 Å². The zero-order chi connectivity index (χ0) is 15.1. The lowest BCUT2D eigenvalue weighted by molar-refractivity contribution is -0.0855. The molecule has 1 fully saturated rings. The summed E-state index contributed by atoms with van der Waals surface area (Å²) < 4.78 is 10.8. The van der Waals surface area contributed by atoms with Crippen LogP contribution in [0.25, 0.3) is 0 Å². The van der Waals surface area contributed by atoms with E-state index in [0.29, 0.717) is 42.9 Å². The Morgan fingerprint density at radius 3 is 3.05 bits per heavy atom. The van der Waals surface area contributed by atoms with Gasteiger partial charge in [0.25, 0.3) is 5.91 Å². The molecule has 1 aromatic heterocycles. The molecule has 2 N–H and O–H groups in total. The summed E-state index contributed by atoms with van der Waals surface area (Å²) in [5.74, 6) is 0.403. The molecule has 0 spiro atoms. The molecule has 1 aliphatic heterocycles. The van der Waals surface area contributed by atoms with Gasteiger partial charge in [-0.2, -0.15) is 0 Å². The summed E-state index contributed by atoms with van der Waals surface area (Å²) >= 11 is 5.95. The summed E-state index contributed by atoms with van der Waals surface area (Å²) in [7, 11) is 0. The van der Waals surface area contributed by atoms with Crippen molar-refractivity contribution in [3.63, 3.8) is 0 Å². The molecule has 0 radical (unpaired) electrons. The number of halogens is 1. The monoisotopic (exact) mass is 313 g/mol. The van der Waals surface area contributed by atoms with E-state index in [1.165, 1.54) is 0 Å². The molecule has 2 heterocycles. The van der Waals surface area contributed by atoms with Crippen LogP contribution in [0.1, 0.15) is 23.7 Å². The molecule has 1 atom stereocenters. The standard InChI is InChI=1S/C14H20ClN3O3/c1-2-3-16-13-7-10(6-12(15)18-13)14(19)17-8-11-9-20-4-5-21-11/h6-7,11H,2-5,8-9H2,1H3,(H,16,18)(H,17,19). The average molecular weight is 314 g/mol. The van der Waals surface area contributed by atoms with Crippen molar-refractivity contribution in [2.45, 2.75) is 19.4 Å². The number of rotatable bonds is 6. The number of ether oxygens (including phenoxy) is 2. The first-order chi connectivity index (χ1) is 10.2. The zero-order valence-electron chi connectivity index (χ0n) is 12.0. The van der Waals surface area contributed by atoms with Crippen LogP contribution in [-0.4, -0.2) is 49.9 Å². The molecule has 1 aliphatic rings. The third kappa shape index (κ3) is 5.15. The van der Waals surface area contributed by atoms with Gasteiger partial charge in [0.2, 0.25) is 0 Å². The Balaban J connectivity index is 1.92. The molecular weight excluding hydrogens is 294 g/mol. The largest absolute Gasteiger partial charge is 0.376 e. The molecule has 7 heteroatoms. The fourth-order valence-corrected chi connectivity index (χ4v) is 2.14. The number of carbonyl (C=O) groups is 1. The Morgan fingerprint density at radius 1 is 1.48 bits per heavy atom. The van der Waals surface area contributed by atoms with Crippen LogP contribution in [0.5, 0.6) is 0 Å². The maximum absolute atomic E-state index is 12.1. The van der Waals surface area contributed by atoms with Gasteiger partial charge in [0.05, 0.1) is 25.9 Å². The maximum Gasteiger partial charge on any atom is 0.251 e. The number of anilines is 1. The summed E-state index contributed by atoms with van der Waals surface area (Å²) in [6.07, 6.45) is 0.868. The summed E-state index contributed by atoms with van der Waals surface area (Å²) in [6, 6.07) is 3.24. The summed E-state index contributed by atoms with van der Waals surface area (Å²) in [5, 5.41) is 6.23. The minimum atomic E-state index is -0.201. The molecule has 6 nitrogen and oxygen atoms in total. The van der Waals surface area contributed by atoms with E-state index in [-0.39, 0.29) is 12.0 Å². The Bertz CT molecular complexity index is 479. The quantitative estimate of drug-likeness (QED) is 0.782. The van der Waals surface area contributed by atoms with E-state index in [2.05, 4.69) is 22.5 Å². The Kier molecular flexibility index (Phi) is 6.22. The normalized spacial score (nSPS) is 18.3. The van der Waals surface area contributed by atoms with E-state index in [4.69, 9.17) is 21.1 Å². The van der Waals surface area contributed by atoms with Crippen molar-refractivity contribution in [2.75, 3.05) is 38.2 Å². The second-order valence-electron chi connectivity index (χ2n) is 4.77. The molecule has 1 saturated heterocycles. The number of amides is 1. The van der Waals surface area contributed by atoms with Gasteiger partial charge < -0.3 is 20.1 Å². The molecule has 1 unspecified atom stereocenters. The van der Waals surface area contributed by atoms with E-state index in [1.807, 2.05) is 0 Å². The van der Waals surface area contributed by atoms with Crippen molar-refractivity contribution in [1.82, 2.24) is 10.3 Å². The Hall–Kier alpha value is -1.37. The molecule has 0 saturated carbocycles. The predicted molar refractivity (Wildman–Crippen MR) is 80.9 cm³/mol. The van der Waals surface area contributed by atoms with Crippen molar-refractivity contribution >= 4 is 23.3 Å². The third-order valence-corrected chi connectivity index (χ3v) is 3.18. The van der Waals surface area contributed by atoms with Gasteiger partial charge in [-0.1, -0.05) is 18.5 Å². The van der Waals surface area contributed by atoms with Crippen molar-refractivity contribution in [2.24, 2.45) is 0 Å². The van der Waals surface area contributed by atoms with Gasteiger partial charge in [-0.25, -0.2) is 4.98 Å². The fourth-order valence-electron chi connectivity index (χ4n) is 1.93. The molecule has 0 aromatic carbocycles. The minimum Gasteiger partial charge on any atom is -0.376 e. The number of pyridine rings is 1. The van der Waals surface area contributed by atoms with Crippen LogP contribution in [0.3, 0.4) is 0 Å². The lowest BCUT2D eigenvalue weighted by Gasteiger charge is -2.23. The molecule has 1 amide bonds. The average Bonchev–Trinajstić information content (AvgIpc) is 2.51. The highest BCUT2D eigenvalue weighted by atomic mass is 35.5. The first-order valence-electron chi connectivity index (χ1n) is 7.08. The second-order valence-corrected chi connectivity index (χ2v) is 5.16. The van der Waals surface area contributed by atoms with E-state index in [9.17, 15) is 4.79 Å². The van der Waals surface area contributed by atoms with Gasteiger partial charge >= 0.3 is 0 Å². The molecular formula is C14H20ClN3O3. The summed E-state index contributed by atoms with van der Waals surface area (Å²) in [4.78, 5) is 16.3. The molecule has 21 heavy (non-hydrogen) atoms. The summed E-state index contributed by atoms with van der Waals surface area (Å²) in [5.41, 5.74) is 0.477. The Labute approximate surface area is 129 Å². The van der Waals surface area contributed by atoms with Crippen molar-refractivity contribution < 1.29 is 14.3 Å². The Morgan fingerprint density at radius 2 is 2.33 bits per heavy atom. The fraction of sp³-hybridized carbons (Fsp3) is 0.571. The van der Waals surface area contributed by atoms with E-state index < -0.39 is 0 Å². The minimum absolute atomic E-state index is 0.0994. The van der Waals surface area contributed by atoms with Gasteiger partial charge in [0.1, 0.15) is 11.0 Å². The van der Waals surface area contributed by atoms with E-state index in [1.54, 1.807) is 12.1 Å². The van der Waals surface area contributed by atoms with Crippen LogP contribution >= 0.6 is 11.6 Å². The molecule has 2 rings (SSSR count). The lowest BCUT2D eigenvalue weighted by atomic mass is 10.2. The number of hydrogen-bond acceptors (Lipinski definition) is 5. The number of nitrogens with zero attached hydrogens (tertiary/aromatic N) is 1. The molecule has 116 valence electrons. The van der Waals surface area contributed by atoms with Gasteiger partial charge in [-0.05, 0) is 18.6 Å². The first-order valence-corrected chi connectivity index (χ1v) is 7.46. The number of carbonyl (C=O) groups excluding carboxylic acids is 1. The van der Waals surface area contributed by atoms with Crippen LogP contribution in [-0.2, 0) is 9.47 Å². The number of aromatic nitrogens is 1. The van der Waals surface area contributed by atoms with E-state index in [0.717, 1.165) is 13.0 Å². The molecule has 0 bridgehead atoms. The second kappa shape index (κ2) is 8.17. The summed E-state index contributed by atoms with van der Waals surface area (Å²) in [6.45, 7) is 4.92. The zero-order valence-corrected chi connectivity index (χ0v) is 12.8. The SMILES string of the molecule is CCCNc1cc(C(=O)NCC2COCCO2)cc(Cl)n1. The van der Waals surface area contributed by atoms with E-state index >= 15 is 0 Å². The third-order valence-electron chi connectivity index (χ3n) is 2.99. The van der Waals surface area contributed by atoms with Crippen molar-refractivity contribution in [3.8, 4) is 0 Å². The van der Waals surface area contributed by atoms with Gasteiger partial charge in [0.15, 0.2) is 0 Å². The topological polar surface area (TPSA) is 72.5 Å². The highest BCUT2D eigenvalue weighted by Crippen LogP contribution is 2.14. The van der Waals surface area contributed by atoms with Crippen LogP contribution in [0.2, 0.25) is 5.15 Å². The first kappa shape index (κ1) is 16.0. The van der Waals surface area contributed by atoms with Gasteiger partial charge in [-0.3, -0.25) is 4.79 Å². The lowest BCUT2D eigenvalue weighted by Crippen LogP contribution is -2.39. The molecule has 0 aliphatic carbocycles. The number of hydrogen-bond donors (Lipinski definition) is 2. The van der Waals surface area contributed by atoms with Gasteiger partial charge in [-0.15, -0.1) is 0 Å². The van der Waals surface area contributed by atoms with Crippen molar-refractivity contribution in [1.29, 1.82) is 0 Å². The predicted octanol–water partition coefficient (Wildman–Crippen LogP) is 1.70. The van der Waals surface area contributed by atoms with Crippen molar-refractivity contribution in [3.05, 3.63) is 22.8 Å². The maximum atomic E-state index is 12.1. The number of nitrogens with one attached hydrogen (secondary N) is 2. The highest BCUT2D eigenvalue weighted by Gasteiger charge is 2.16. The van der Waals surface area contributed by atoms with Crippen LogP contribution in [0.4, 0.5) is 5.82 Å². The smallest absolute Gasteiger partial charge is 0.251 e. The highest BCUT2D eigenvalue weighted by molar-refractivity contribution is 6.29.